The topological polar surface area (TPSA) is 62.6 Å². The highest BCUT2D eigenvalue weighted by Crippen LogP contribution is 2.35. The summed E-state index contributed by atoms with van der Waals surface area (Å²) in [5.41, 5.74) is 4.56. The maximum atomic E-state index is 13.7. The molecular weight excluding hydrogens is 410 g/mol. The molecule has 0 N–H and O–H groups in total. The van der Waals surface area contributed by atoms with E-state index >= 15 is 0 Å². The highest BCUT2D eigenvalue weighted by atomic mass is 32.2. The number of likely N-dealkylation sites (N-methyl/N-ethyl adjacent to an activating group) is 1. The largest absolute Gasteiger partial charge is 0.312 e. The monoisotopic (exact) mass is 435 g/mol. The second-order valence-electron chi connectivity index (χ2n) is 8.31. The first kappa shape index (κ1) is 20.0. The molecule has 5 rings (SSSR count). The second kappa shape index (κ2) is 7.35. The molecular formula is C24H25N3O3S. The number of carbonyl (C=O) groups excluding carboxylic acids is 1. The average molecular weight is 436 g/mol. The maximum absolute atomic E-state index is 13.7. The van der Waals surface area contributed by atoms with E-state index in [-0.39, 0.29) is 10.8 Å². The van der Waals surface area contributed by atoms with Crippen molar-refractivity contribution in [2.75, 3.05) is 31.6 Å². The summed E-state index contributed by atoms with van der Waals surface area (Å²) in [4.78, 5) is 16.0. The molecule has 1 amide bonds. The molecule has 1 aromatic heterocycles. The summed E-state index contributed by atoms with van der Waals surface area (Å²) in [7, 11) is -1.69. The smallest absolute Gasteiger partial charge is 0.268 e. The van der Waals surface area contributed by atoms with Crippen molar-refractivity contribution in [3.63, 3.8) is 0 Å². The summed E-state index contributed by atoms with van der Waals surface area (Å²) in [6, 6.07) is 12.7. The van der Waals surface area contributed by atoms with Crippen LogP contribution in [0.2, 0.25) is 0 Å². The Morgan fingerprint density at radius 1 is 1.03 bits per heavy atom. The maximum Gasteiger partial charge on any atom is 0.268 e. The van der Waals surface area contributed by atoms with Crippen LogP contribution in [0.25, 0.3) is 16.5 Å². The fourth-order valence-electron chi connectivity index (χ4n) is 4.60. The van der Waals surface area contributed by atoms with Crippen molar-refractivity contribution in [3.8, 4) is 0 Å². The molecule has 0 fully saturated rings. The molecule has 31 heavy (non-hydrogen) atoms. The van der Waals surface area contributed by atoms with Crippen molar-refractivity contribution in [1.29, 1.82) is 0 Å². The molecule has 0 unspecified atom stereocenters. The van der Waals surface area contributed by atoms with Crippen LogP contribution >= 0.6 is 0 Å². The third-order valence-corrected chi connectivity index (χ3v) is 7.99. The summed E-state index contributed by atoms with van der Waals surface area (Å²) in [6.07, 6.45) is 5.51. The molecule has 0 atom stereocenters. The van der Waals surface area contributed by atoms with E-state index in [0.717, 1.165) is 41.7 Å². The normalized spacial score (nSPS) is 17.1. The Morgan fingerprint density at radius 2 is 1.84 bits per heavy atom. The third-order valence-electron chi connectivity index (χ3n) is 6.32. The lowest BCUT2D eigenvalue weighted by Gasteiger charge is -2.21. The molecule has 0 saturated heterocycles. The molecule has 0 spiro atoms. The van der Waals surface area contributed by atoms with E-state index < -0.39 is 10.0 Å². The van der Waals surface area contributed by atoms with Gasteiger partial charge in [-0.3, -0.25) is 4.79 Å². The van der Waals surface area contributed by atoms with E-state index in [4.69, 9.17) is 0 Å². The van der Waals surface area contributed by atoms with Crippen molar-refractivity contribution >= 4 is 38.1 Å². The van der Waals surface area contributed by atoms with Crippen LogP contribution in [0.1, 0.15) is 24.5 Å². The quantitative estimate of drug-likeness (QED) is 0.632. The SMILES string of the molecule is CC(=O)N1CCc2cc(S(=O)(=O)n3cc(C4=CCN(C)CC4)c4ccccc43)ccc21. The van der Waals surface area contributed by atoms with Gasteiger partial charge in [0.05, 0.1) is 10.4 Å². The van der Waals surface area contributed by atoms with Gasteiger partial charge in [0.25, 0.3) is 10.0 Å². The first-order valence-electron chi connectivity index (χ1n) is 10.5. The van der Waals surface area contributed by atoms with Gasteiger partial charge in [-0.2, -0.15) is 0 Å². The number of nitrogens with zero attached hydrogens (tertiary/aromatic N) is 3. The minimum Gasteiger partial charge on any atom is -0.312 e. The zero-order chi connectivity index (χ0) is 21.8. The van der Waals surface area contributed by atoms with Crippen LogP contribution < -0.4 is 4.90 Å². The predicted molar refractivity (Wildman–Crippen MR) is 123 cm³/mol. The zero-order valence-corrected chi connectivity index (χ0v) is 18.5. The van der Waals surface area contributed by atoms with E-state index in [2.05, 4.69) is 18.0 Å². The van der Waals surface area contributed by atoms with Gasteiger partial charge in [0.2, 0.25) is 5.91 Å². The number of hydrogen-bond donors (Lipinski definition) is 0. The van der Waals surface area contributed by atoms with Crippen LogP contribution in [-0.2, 0) is 21.2 Å². The minimum absolute atomic E-state index is 0.0261. The fourth-order valence-corrected chi connectivity index (χ4v) is 6.02. The number of rotatable bonds is 3. The van der Waals surface area contributed by atoms with E-state index in [1.165, 1.54) is 16.5 Å². The number of hydrogen-bond acceptors (Lipinski definition) is 4. The Kier molecular flexibility index (Phi) is 4.75. The van der Waals surface area contributed by atoms with Gasteiger partial charge in [-0.25, -0.2) is 12.4 Å². The fraction of sp³-hybridized carbons (Fsp3) is 0.292. The highest BCUT2D eigenvalue weighted by Gasteiger charge is 2.27. The lowest BCUT2D eigenvalue weighted by molar-refractivity contribution is -0.116. The Bertz CT molecular complexity index is 1340. The number of para-hydroxylation sites is 1. The van der Waals surface area contributed by atoms with Crippen LogP contribution in [-0.4, -0.2) is 49.9 Å². The molecule has 3 aromatic rings. The zero-order valence-electron chi connectivity index (χ0n) is 17.7. The van der Waals surface area contributed by atoms with Crippen LogP contribution in [0.15, 0.2) is 59.6 Å². The minimum atomic E-state index is -3.78. The Balaban J connectivity index is 1.62. The number of anilines is 1. The second-order valence-corrected chi connectivity index (χ2v) is 10.1. The van der Waals surface area contributed by atoms with Gasteiger partial charge in [0.15, 0.2) is 0 Å². The predicted octanol–water partition coefficient (Wildman–Crippen LogP) is 3.51. The molecule has 2 aromatic carbocycles. The Morgan fingerprint density at radius 3 is 2.58 bits per heavy atom. The summed E-state index contributed by atoms with van der Waals surface area (Å²) in [5.74, 6) is -0.0261. The molecule has 0 saturated carbocycles. The number of aromatic nitrogens is 1. The molecule has 0 bridgehead atoms. The van der Waals surface area contributed by atoms with Crippen molar-refractivity contribution in [2.24, 2.45) is 0 Å². The summed E-state index contributed by atoms with van der Waals surface area (Å²) < 4.78 is 28.7. The van der Waals surface area contributed by atoms with Gasteiger partial charge in [0.1, 0.15) is 0 Å². The molecule has 3 heterocycles. The van der Waals surface area contributed by atoms with Gasteiger partial charge in [-0.15, -0.1) is 0 Å². The number of carbonyl (C=O) groups is 1. The van der Waals surface area contributed by atoms with Gasteiger partial charge in [-0.1, -0.05) is 24.3 Å². The molecule has 2 aliphatic rings. The summed E-state index contributed by atoms with van der Waals surface area (Å²) in [5, 5.41) is 0.950. The lowest BCUT2D eigenvalue weighted by atomic mass is 9.99. The van der Waals surface area contributed by atoms with Gasteiger partial charge in [-0.05, 0) is 55.3 Å². The molecule has 0 aliphatic carbocycles. The van der Waals surface area contributed by atoms with Crippen LogP contribution in [0.3, 0.4) is 0 Å². The Hall–Kier alpha value is -2.90. The number of amides is 1. The summed E-state index contributed by atoms with van der Waals surface area (Å²) >= 11 is 0. The standard InChI is InChI=1S/C24H25N3O3S/c1-17(28)26-14-11-19-15-20(7-8-23(19)26)31(29,30)27-16-22(18-9-12-25(2)13-10-18)21-5-3-4-6-24(21)27/h3-9,15-16H,10-14H2,1-2H3. The molecule has 2 aliphatic heterocycles. The molecule has 7 heteroatoms. The van der Waals surface area contributed by atoms with Crippen molar-refractivity contribution < 1.29 is 13.2 Å². The van der Waals surface area contributed by atoms with Crippen LogP contribution in [0.5, 0.6) is 0 Å². The molecule has 6 nitrogen and oxygen atoms in total. The first-order chi connectivity index (χ1) is 14.9. The van der Waals surface area contributed by atoms with Crippen molar-refractivity contribution in [2.45, 2.75) is 24.7 Å². The average Bonchev–Trinajstić information content (AvgIpc) is 3.36. The van der Waals surface area contributed by atoms with E-state index in [0.29, 0.717) is 18.5 Å². The van der Waals surface area contributed by atoms with Crippen molar-refractivity contribution in [1.82, 2.24) is 8.87 Å². The first-order valence-corrected chi connectivity index (χ1v) is 11.9. The third kappa shape index (κ3) is 3.28. The summed E-state index contributed by atoms with van der Waals surface area (Å²) in [6.45, 7) is 3.94. The molecule has 0 radical (unpaired) electrons. The number of benzene rings is 2. The van der Waals surface area contributed by atoms with Crippen LogP contribution in [0, 0.1) is 0 Å². The molecule has 160 valence electrons. The number of fused-ring (bicyclic) bond motifs is 2. The van der Waals surface area contributed by atoms with Gasteiger partial charge >= 0.3 is 0 Å². The lowest BCUT2D eigenvalue weighted by Crippen LogP contribution is -2.25. The van der Waals surface area contributed by atoms with Gasteiger partial charge in [0, 0.05) is 49.4 Å². The van der Waals surface area contributed by atoms with E-state index in [1.807, 2.05) is 24.3 Å². The van der Waals surface area contributed by atoms with E-state index in [1.54, 1.807) is 29.3 Å². The van der Waals surface area contributed by atoms with Crippen LogP contribution in [0.4, 0.5) is 5.69 Å². The van der Waals surface area contributed by atoms with Crippen molar-refractivity contribution in [3.05, 3.63) is 65.9 Å². The highest BCUT2D eigenvalue weighted by molar-refractivity contribution is 7.90. The Labute approximate surface area is 182 Å². The van der Waals surface area contributed by atoms with Gasteiger partial charge < -0.3 is 9.80 Å². The van der Waals surface area contributed by atoms with E-state index in [9.17, 15) is 13.2 Å².